The van der Waals surface area contributed by atoms with Gasteiger partial charge in [0.15, 0.2) is 5.82 Å². The van der Waals surface area contributed by atoms with E-state index in [1.807, 2.05) is 0 Å². The van der Waals surface area contributed by atoms with Crippen molar-refractivity contribution in [3.8, 4) is 0 Å². The number of halogens is 1. The average molecular weight is 247 g/mol. The van der Waals surface area contributed by atoms with Crippen molar-refractivity contribution in [3.05, 3.63) is 10.3 Å². The zero-order valence-electron chi connectivity index (χ0n) is 8.99. The number of hydrogen-bond donors (Lipinski definition) is 0. The van der Waals surface area contributed by atoms with E-state index >= 15 is 0 Å². The minimum Gasteiger partial charge on any atom is -0.370 e. The second-order valence-corrected chi connectivity index (χ2v) is 5.59. The van der Waals surface area contributed by atoms with Crippen molar-refractivity contribution >= 4 is 23.1 Å². The summed E-state index contributed by atoms with van der Waals surface area (Å²) in [5.74, 6) is 1.55. The van der Waals surface area contributed by atoms with Crippen molar-refractivity contribution in [1.82, 2.24) is 9.36 Å². The van der Waals surface area contributed by atoms with Crippen molar-refractivity contribution in [2.45, 2.75) is 38.2 Å². The second-order valence-electron chi connectivity index (χ2n) is 4.25. The predicted octanol–water partition coefficient (Wildman–Crippen LogP) is 3.24. The normalized spacial score (nSPS) is 31.8. The van der Waals surface area contributed by atoms with Crippen LogP contribution in [0.5, 0.6) is 0 Å². The molecule has 0 amide bonds. The molecule has 0 saturated heterocycles. The summed E-state index contributed by atoms with van der Waals surface area (Å²) in [6.45, 7) is 2.28. The van der Waals surface area contributed by atoms with Crippen LogP contribution in [0, 0.1) is 5.92 Å². The summed E-state index contributed by atoms with van der Waals surface area (Å²) in [5.41, 5.74) is -0.282. The van der Waals surface area contributed by atoms with Crippen LogP contribution < -0.4 is 0 Å². The van der Waals surface area contributed by atoms with E-state index in [2.05, 4.69) is 16.3 Å². The van der Waals surface area contributed by atoms with E-state index in [1.165, 1.54) is 24.4 Å². The van der Waals surface area contributed by atoms with E-state index < -0.39 is 0 Å². The zero-order valence-corrected chi connectivity index (χ0v) is 10.6. The maximum Gasteiger partial charge on any atom is 0.203 e. The molecule has 0 N–H and O–H groups in total. The fraction of sp³-hybridized carbons (Fsp3) is 0.800. The molecule has 84 valence electrons. The summed E-state index contributed by atoms with van der Waals surface area (Å²) in [6.07, 6.45) is 4.34. The molecular weight excluding hydrogens is 232 g/mol. The number of rotatable bonds is 2. The molecule has 0 spiro atoms. The lowest BCUT2D eigenvalue weighted by molar-refractivity contribution is -0.0588. The summed E-state index contributed by atoms with van der Waals surface area (Å²) in [6, 6.07) is 0. The van der Waals surface area contributed by atoms with Gasteiger partial charge in [0.2, 0.25) is 4.47 Å². The highest BCUT2D eigenvalue weighted by Crippen LogP contribution is 2.41. The van der Waals surface area contributed by atoms with Crippen LogP contribution in [-0.4, -0.2) is 16.5 Å². The molecule has 1 saturated carbocycles. The van der Waals surface area contributed by atoms with Gasteiger partial charge >= 0.3 is 0 Å². The van der Waals surface area contributed by atoms with Gasteiger partial charge in [-0.25, -0.2) is 4.98 Å². The number of nitrogens with zero attached hydrogens (tertiary/aromatic N) is 2. The molecule has 0 radical (unpaired) electrons. The molecule has 0 aromatic carbocycles. The Morgan fingerprint density at radius 2 is 2.13 bits per heavy atom. The summed E-state index contributed by atoms with van der Waals surface area (Å²) in [7, 11) is 1.74. The first kappa shape index (κ1) is 11.3. The van der Waals surface area contributed by atoms with Crippen molar-refractivity contribution < 1.29 is 4.74 Å². The molecule has 15 heavy (non-hydrogen) atoms. The van der Waals surface area contributed by atoms with Crippen molar-refractivity contribution in [1.29, 1.82) is 0 Å². The lowest BCUT2D eigenvalue weighted by Gasteiger charge is -2.35. The van der Waals surface area contributed by atoms with Gasteiger partial charge in [0.05, 0.1) is 0 Å². The highest BCUT2D eigenvalue weighted by atomic mass is 35.5. The van der Waals surface area contributed by atoms with Crippen LogP contribution in [-0.2, 0) is 10.3 Å². The predicted molar refractivity (Wildman–Crippen MR) is 61.2 cm³/mol. The molecular formula is C10H15ClN2OS. The summed E-state index contributed by atoms with van der Waals surface area (Å²) >= 11 is 7.05. The van der Waals surface area contributed by atoms with Crippen LogP contribution in [0.15, 0.2) is 0 Å². The summed E-state index contributed by atoms with van der Waals surface area (Å²) < 4.78 is 10.4. The minimum absolute atomic E-state index is 0.282. The van der Waals surface area contributed by atoms with Gasteiger partial charge in [0, 0.05) is 7.11 Å². The third kappa shape index (κ3) is 2.17. The number of hydrogen-bond acceptors (Lipinski definition) is 4. The Hall–Kier alpha value is -0.190. The van der Waals surface area contributed by atoms with Gasteiger partial charge in [-0.3, -0.25) is 0 Å². The van der Waals surface area contributed by atoms with Crippen LogP contribution in [0.25, 0.3) is 0 Å². The highest BCUT2D eigenvalue weighted by Gasteiger charge is 2.39. The summed E-state index contributed by atoms with van der Waals surface area (Å²) in [5, 5.41) is 0. The molecule has 0 bridgehead atoms. The molecule has 1 aliphatic carbocycles. The van der Waals surface area contributed by atoms with Gasteiger partial charge in [-0.1, -0.05) is 6.92 Å². The monoisotopic (exact) mass is 246 g/mol. The van der Waals surface area contributed by atoms with Crippen molar-refractivity contribution in [3.63, 3.8) is 0 Å². The quantitative estimate of drug-likeness (QED) is 0.804. The topological polar surface area (TPSA) is 35.0 Å². The van der Waals surface area contributed by atoms with E-state index in [9.17, 15) is 0 Å². The summed E-state index contributed by atoms with van der Waals surface area (Å²) in [4.78, 5) is 4.25. The molecule has 1 aromatic heterocycles. The van der Waals surface area contributed by atoms with E-state index in [1.54, 1.807) is 7.11 Å². The molecule has 1 fully saturated rings. The Bertz CT molecular complexity index is 334. The first-order valence-corrected chi connectivity index (χ1v) is 6.36. The highest BCUT2D eigenvalue weighted by molar-refractivity contribution is 7.10. The largest absolute Gasteiger partial charge is 0.370 e. The van der Waals surface area contributed by atoms with Gasteiger partial charge < -0.3 is 4.74 Å². The maximum absolute atomic E-state index is 5.82. The maximum atomic E-state index is 5.82. The molecule has 0 atom stereocenters. The van der Waals surface area contributed by atoms with Gasteiger partial charge in [-0.15, -0.1) is 0 Å². The van der Waals surface area contributed by atoms with Gasteiger partial charge in [-0.05, 0) is 54.7 Å². The first-order chi connectivity index (χ1) is 7.16. The fourth-order valence-corrected chi connectivity index (χ4v) is 2.82. The van der Waals surface area contributed by atoms with E-state index in [0.717, 1.165) is 24.6 Å². The van der Waals surface area contributed by atoms with Gasteiger partial charge in [0.1, 0.15) is 5.60 Å². The van der Waals surface area contributed by atoms with Crippen molar-refractivity contribution in [2.24, 2.45) is 5.92 Å². The second kappa shape index (κ2) is 4.36. The van der Waals surface area contributed by atoms with Crippen LogP contribution >= 0.6 is 23.1 Å². The van der Waals surface area contributed by atoms with Gasteiger partial charge in [-0.2, -0.15) is 4.37 Å². The number of methoxy groups -OCH3 is 1. The Labute approximate surface area is 99.0 Å². The van der Waals surface area contributed by atoms with E-state index in [-0.39, 0.29) is 5.60 Å². The van der Waals surface area contributed by atoms with Gasteiger partial charge in [0.25, 0.3) is 0 Å². The molecule has 1 heterocycles. The SMILES string of the molecule is COC1(c2nsc(Cl)n2)CCC(C)CC1. The van der Waals surface area contributed by atoms with Crippen LogP contribution in [0.2, 0.25) is 4.47 Å². The van der Waals surface area contributed by atoms with Crippen LogP contribution in [0.4, 0.5) is 0 Å². The number of aromatic nitrogens is 2. The smallest absolute Gasteiger partial charge is 0.203 e. The van der Waals surface area contributed by atoms with Crippen LogP contribution in [0.1, 0.15) is 38.4 Å². The Morgan fingerprint density at radius 3 is 2.60 bits per heavy atom. The standard InChI is InChI=1S/C10H15ClN2OS/c1-7-3-5-10(14-2,6-4-7)8-12-9(11)15-13-8/h7H,3-6H2,1-2H3. The molecule has 5 heteroatoms. The number of ether oxygens (including phenoxy) is 1. The van der Waals surface area contributed by atoms with Crippen LogP contribution in [0.3, 0.4) is 0 Å². The molecule has 0 unspecified atom stereocenters. The fourth-order valence-electron chi connectivity index (χ4n) is 2.14. The Morgan fingerprint density at radius 1 is 1.47 bits per heavy atom. The lowest BCUT2D eigenvalue weighted by atomic mass is 9.79. The molecule has 3 nitrogen and oxygen atoms in total. The lowest BCUT2D eigenvalue weighted by Crippen LogP contribution is -2.34. The van der Waals surface area contributed by atoms with E-state index in [4.69, 9.17) is 16.3 Å². The third-order valence-electron chi connectivity index (χ3n) is 3.28. The first-order valence-electron chi connectivity index (χ1n) is 5.21. The Balaban J connectivity index is 2.22. The molecule has 2 rings (SSSR count). The van der Waals surface area contributed by atoms with E-state index in [0.29, 0.717) is 4.47 Å². The zero-order chi connectivity index (χ0) is 10.9. The third-order valence-corrected chi connectivity index (χ3v) is 4.08. The molecule has 1 aromatic rings. The van der Waals surface area contributed by atoms with Crippen molar-refractivity contribution in [2.75, 3.05) is 7.11 Å². The average Bonchev–Trinajstić information content (AvgIpc) is 2.67. The molecule has 0 aliphatic heterocycles. The minimum atomic E-state index is -0.282. The molecule has 1 aliphatic rings. The Kier molecular flexibility index (Phi) is 3.28.